The number of carboxylic acids is 1. The Hall–Kier alpha value is -3.93. The molecule has 2 atom stereocenters. The zero-order chi connectivity index (χ0) is 27.3. The van der Waals surface area contributed by atoms with E-state index in [1.165, 1.54) is 27.2 Å². The highest BCUT2D eigenvalue weighted by atomic mass is 16.5. The van der Waals surface area contributed by atoms with Gasteiger partial charge in [-0.25, -0.2) is 4.79 Å². The maximum absolute atomic E-state index is 12.9. The molecule has 1 amide bonds. The molecule has 0 bridgehead atoms. The number of ether oxygens (including phenoxy) is 4. The molecule has 0 aliphatic rings. The highest BCUT2D eigenvalue weighted by Gasteiger charge is 2.25. The minimum atomic E-state index is -0.963. The van der Waals surface area contributed by atoms with Gasteiger partial charge in [-0.2, -0.15) is 9.97 Å². The molecule has 0 radical (unpaired) electrons. The molecule has 1 heterocycles. The van der Waals surface area contributed by atoms with Gasteiger partial charge in [-0.1, -0.05) is 26.0 Å². The summed E-state index contributed by atoms with van der Waals surface area (Å²) in [6.45, 7) is 7.30. The number of benzene rings is 1. The lowest BCUT2D eigenvalue weighted by molar-refractivity contribution is -0.145. The number of aliphatic carboxylic acids is 1. The van der Waals surface area contributed by atoms with Crippen molar-refractivity contribution >= 4 is 17.8 Å². The van der Waals surface area contributed by atoms with Gasteiger partial charge in [-0.15, -0.1) is 0 Å². The molecule has 0 aliphatic carbocycles. The summed E-state index contributed by atoms with van der Waals surface area (Å²) in [5, 5.41) is 10.6. The fourth-order valence-corrected chi connectivity index (χ4v) is 2.64. The maximum atomic E-state index is 12.9. The Bertz CT molecular complexity index is 991. The number of amides is 1. The van der Waals surface area contributed by atoms with Gasteiger partial charge in [0.1, 0.15) is 17.8 Å². The monoisotopic (exact) mass is 506 g/mol. The first-order valence-corrected chi connectivity index (χ1v) is 11.2. The second-order valence-electron chi connectivity index (χ2n) is 7.87. The van der Waals surface area contributed by atoms with E-state index in [1.807, 2.05) is 13.8 Å². The van der Waals surface area contributed by atoms with Crippen LogP contribution in [0.1, 0.15) is 44.5 Å². The number of para-hydroxylation sites is 1. The average molecular weight is 507 g/mol. The number of methoxy groups -OCH3 is 2. The topological polar surface area (TPSA) is 172 Å². The first kappa shape index (κ1) is 30.1. The van der Waals surface area contributed by atoms with Crippen molar-refractivity contribution in [2.45, 2.75) is 46.2 Å². The summed E-state index contributed by atoms with van der Waals surface area (Å²) in [4.78, 5) is 42.9. The molecule has 198 valence electrons. The second-order valence-corrected chi connectivity index (χ2v) is 7.87. The summed E-state index contributed by atoms with van der Waals surface area (Å²) in [7, 11) is 2.91. The number of nitrogens with two attached hydrogens (primary N) is 1. The summed E-state index contributed by atoms with van der Waals surface area (Å²) in [6, 6.07) is 6.55. The van der Waals surface area contributed by atoms with Crippen LogP contribution < -0.4 is 25.3 Å². The normalized spacial score (nSPS) is 11.9. The standard InChI is InChI=1S/C21H27N3O6.C3H7NO2/c1-6-29-20(26)15(11-13(2)3)22-19(25)14-9-7-8-10-16(14)30-21-23-17(27-4)12-18(24-21)28-5;1-2(4)3(5)6/h7-10,12-13,15H,6,11H2,1-5H3,(H,22,25);2H,4H2,1H3,(H,5,6)/t15-;2-/m00/s1. The third-order valence-corrected chi connectivity index (χ3v) is 4.38. The van der Waals surface area contributed by atoms with E-state index in [2.05, 4.69) is 15.3 Å². The molecule has 2 rings (SSSR count). The number of hydrogen-bond acceptors (Lipinski definition) is 10. The number of esters is 1. The smallest absolute Gasteiger partial charge is 0.328 e. The minimum absolute atomic E-state index is 0.0458. The predicted molar refractivity (Wildman–Crippen MR) is 130 cm³/mol. The quantitative estimate of drug-likeness (QED) is 0.382. The third-order valence-electron chi connectivity index (χ3n) is 4.38. The lowest BCUT2D eigenvalue weighted by Crippen LogP contribution is -2.42. The van der Waals surface area contributed by atoms with Crippen LogP contribution in [0.3, 0.4) is 0 Å². The van der Waals surface area contributed by atoms with E-state index < -0.39 is 29.9 Å². The van der Waals surface area contributed by atoms with Gasteiger partial charge in [-0.05, 0) is 38.3 Å². The molecular formula is C24H34N4O8. The first-order chi connectivity index (χ1) is 17.0. The van der Waals surface area contributed by atoms with E-state index in [1.54, 1.807) is 31.2 Å². The van der Waals surface area contributed by atoms with Crippen molar-refractivity contribution in [3.63, 3.8) is 0 Å². The van der Waals surface area contributed by atoms with Gasteiger partial charge in [0, 0.05) is 0 Å². The number of nitrogens with zero attached hydrogens (tertiary/aromatic N) is 2. The molecule has 0 unspecified atom stereocenters. The van der Waals surface area contributed by atoms with Crippen molar-refractivity contribution in [2.24, 2.45) is 11.7 Å². The number of carboxylic acid groups (broad SMARTS) is 1. The highest BCUT2D eigenvalue weighted by molar-refractivity contribution is 5.99. The van der Waals surface area contributed by atoms with E-state index in [-0.39, 0.29) is 41.6 Å². The van der Waals surface area contributed by atoms with Gasteiger partial charge < -0.3 is 35.1 Å². The maximum Gasteiger partial charge on any atom is 0.328 e. The number of carbonyl (C=O) groups is 3. The largest absolute Gasteiger partial charge is 0.481 e. The number of nitrogens with one attached hydrogen (secondary N) is 1. The van der Waals surface area contributed by atoms with Crippen LogP contribution in [0.25, 0.3) is 0 Å². The van der Waals surface area contributed by atoms with E-state index in [9.17, 15) is 14.4 Å². The fourth-order valence-electron chi connectivity index (χ4n) is 2.64. The van der Waals surface area contributed by atoms with E-state index in [4.69, 9.17) is 29.8 Å². The molecule has 2 aromatic rings. The zero-order valence-electron chi connectivity index (χ0n) is 21.3. The van der Waals surface area contributed by atoms with Crippen LogP contribution in [-0.4, -0.2) is 65.8 Å². The molecule has 0 saturated heterocycles. The SMILES string of the molecule is CCOC(=O)[C@H](CC(C)C)NC(=O)c1ccccc1Oc1nc(OC)cc(OC)n1.C[C@H](N)C(=O)O. The third kappa shape index (κ3) is 10.1. The number of aromatic nitrogens is 2. The van der Waals surface area contributed by atoms with Gasteiger partial charge in [0.15, 0.2) is 0 Å². The van der Waals surface area contributed by atoms with Crippen molar-refractivity contribution in [2.75, 3.05) is 20.8 Å². The molecule has 1 aromatic heterocycles. The van der Waals surface area contributed by atoms with Crippen molar-refractivity contribution in [3.8, 4) is 23.5 Å². The van der Waals surface area contributed by atoms with Crippen LogP contribution in [0.5, 0.6) is 23.5 Å². The molecule has 1 aromatic carbocycles. The molecular weight excluding hydrogens is 472 g/mol. The molecule has 12 heteroatoms. The van der Waals surface area contributed by atoms with Crippen molar-refractivity contribution < 1.29 is 38.4 Å². The Morgan fingerprint density at radius 1 is 1.06 bits per heavy atom. The molecule has 0 saturated carbocycles. The first-order valence-electron chi connectivity index (χ1n) is 11.2. The Morgan fingerprint density at radius 3 is 2.08 bits per heavy atom. The van der Waals surface area contributed by atoms with Crippen molar-refractivity contribution in [1.29, 1.82) is 0 Å². The van der Waals surface area contributed by atoms with Crippen LogP contribution >= 0.6 is 0 Å². The van der Waals surface area contributed by atoms with Crippen LogP contribution in [0.4, 0.5) is 0 Å². The number of carbonyl (C=O) groups excluding carboxylic acids is 2. The highest BCUT2D eigenvalue weighted by Crippen LogP contribution is 2.26. The lowest BCUT2D eigenvalue weighted by atomic mass is 10.0. The van der Waals surface area contributed by atoms with E-state index >= 15 is 0 Å². The van der Waals surface area contributed by atoms with Gasteiger partial charge in [0.05, 0.1) is 32.5 Å². The molecule has 0 spiro atoms. The van der Waals surface area contributed by atoms with E-state index in [0.717, 1.165) is 0 Å². The van der Waals surface area contributed by atoms with Gasteiger partial charge in [0.25, 0.3) is 5.91 Å². The van der Waals surface area contributed by atoms with Crippen molar-refractivity contribution in [1.82, 2.24) is 15.3 Å². The predicted octanol–water partition coefficient (Wildman–Crippen LogP) is 2.41. The zero-order valence-corrected chi connectivity index (χ0v) is 21.3. The summed E-state index contributed by atoms with van der Waals surface area (Å²) in [5.74, 6) is -1.01. The lowest BCUT2D eigenvalue weighted by Gasteiger charge is -2.19. The number of rotatable bonds is 11. The Balaban J connectivity index is 0.000000960. The van der Waals surface area contributed by atoms with Crippen molar-refractivity contribution in [3.05, 3.63) is 35.9 Å². The van der Waals surface area contributed by atoms with E-state index in [0.29, 0.717) is 6.42 Å². The Kier molecular flexibility index (Phi) is 12.7. The Labute approximate surface area is 210 Å². The minimum Gasteiger partial charge on any atom is -0.481 e. The number of hydrogen-bond donors (Lipinski definition) is 3. The van der Waals surface area contributed by atoms with Crippen LogP contribution in [0, 0.1) is 5.92 Å². The van der Waals surface area contributed by atoms with Crippen LogP contribution in [-0.2, 0) is 14.3 Å². The molecule has 0 aliphatic heterocycles. The summed E-state index contributed by atoms with van der Waals surface area (Å²) in [5.41, 5.74) is 5.06. The fraction of sp³-hybridized carbons (Fsp3) is 0.458. The summed E-state index contributed by atoms with van der Waals surface area (Å²) >= 11 is 0. The Morgan fingerprint density at radius 2 is 1.61 bits per heavy atom. The summed E-state index contributed by atoms with van der Waals surface area (Å²) < 4.78 is 21.0. The second kappa shape index (κ2) is 15.1. The van der Waals surface area contributed by atoms with Crippen LogP contribution in [0.2, 0.25) is 0 Å². The molecule has 36 heavy (non-hydrogen) atoms. The molecule has 12 nitrogen and oxygen atoms in total. The molecule has 0 fully saturated rings. The van der Waals surface area contributed by atoms with Gasteiger partial charge in [-0.3, -0.25) is 9.59 Å². The van der Waals surface area contributed by atoms with Gasteiger partial charge in [0.2, 0.25) is 11.8 Å². The van der Waals surface area contributed by atoms with Crippen LogP contribution in [0.15, 0.2) is 30.3 Å². The summed E-state index contributed by atoms with van der Waals surface area (Å²) in [6.07, 6.45) is 0.448. The molecule has 4 N–H and O–H groups in total. The average Bonchev–Trinajstić information content (AvgIpc) is 2.83. The van der Waals surface area contributed by atoms with Gasteiger partial charge >= 0.3 is 17.9 Å².